The Morgan fingerprint density at radius 3 is 2.10 bits per heavy atom. The quantitative estimate of drug-likeness (QED) is 0.854. The molecule has 0 saturated heterocycles. The van der Waals surface area contributed by atoms with Crippen molar-refractivity contribution in [3.8, 4) is 11.5 Å². The maximum atomic E-state index is 12.0. The highest BCUT2D eigenvalue weighted by molar-refractivity contribution is 6.19. The van der Waals surface area contributed by atoms with E-state index in [-0.39, 0.29) is 5.78 Å². The van der Waals surface area contributed by atoms with Gasteiger partial charge >= 0.3 is 0 Å². The first-order chi connectivity index (χ1) is 9.72. The fourth-order valence-corrected chi connectivity index (χ4v) is 2.38. The van der Waals surface area contributed by atoms with Crippen LogP contribution in [0.1, 0.15) is 21.5 Å². The Morgan fingerprint density at radius 2 is 1.45 bits per heavy atom. The molecule has 0 heterocycles. The van der Waals surface area contributed by atoms with E-state index < -0.39 is 0 Å². The van der Waals surface area contributed by atoms with Crippen LogP contribution in [0.5, 0.6) is 11.5 Å². The Balaban J connectivity index is 2.08. The van der Waals surface area contributed by atoms with Crippen LogP contribution in [0.15, 0.2) is 48.5 Å². The molecular formula is C17H14O3. The van der Waals surface area contributed by atoms with Crippen LogP contribution in [-0.4, -0.2) is 20.0 Å². The van der Waals surface area contributed by atoms with Gasteiger partial charge in [-0.15, -0.1) is 0 Å². The number of benzene rings is 2. The van der Waals surface area contributed by atoms with Crippen LogP contribution in [0.2, 0.25) is 0 Å². The number of fused-ring (bicyclic) bond motifs is 1. The number of carbonyl (C=O) groups is 1. The van der Waals surface area contributed by atoms with Gasteiger partial charge in [-0.25, -0.2) is 0 Å². The lowest BCUT2D eigenvalue weighted by Crippen LogP contribution is -1.93. The lowest BCUT2D eigenvalue weighted by atomic mass is 9.99. The Labute approximate surface area is 117 Å². The highest BCUT2D eigenvalue weighted by Crippen LogP contribution is 2.35. The molecule has 3 nitrogen and oxygen atoms in total. The highest BCUT2D eigenvalue weighted by atomic mass is 16.5. The minimum Gasteiger partial charge on any atom is -0.497 e. The smallest absolute Gasteiger partial charge is 0.187 e. The van der Waals surface area contributed by atoms with Crippen molar-refractivity contribution in [3.63, 3.8) is 0 Å². The highest BCUT2D eigenvalue weighted by Gasteiger charge is 2.22. The second kappa shape index (κ2) is 4.85. The lowest BCUT2D eigenvalue weighted by molar-refractivity contribution is 0.105. The number of methoxy groups -OCH3 is 2. The summed E-state index contributed by atoms with van der Waals surface area (Å²) in [6.45, 7) is 0. The van der Waals surface area contributed by atoms with E-state index in [1.54, 1.807) is 20.3 Å². The fraction of sp³-hybridized carbons (Fsp3) is 0.118. The van der Waals surface area contributed by atoms with Crippen LogP contribution in [0.3, 0.4) is 0 Å². The van der Waals surface area contributed by atoms with Crippen molar-refractivity contribution < 1.29 is 14.3 Å². The zero-order valence-electron chi connectivity index (χ0n) is 11.3. The van der Waals surface area contributed by atoms with Crippen LogP contribution in [-0.2, 0) is 0 Å². The standard InChI is InChI=1S/C17H14O3/c1-19-12-5-3-11(4-6-12)15-10-17(18)14-8-7-13(20-2)9-16(14)15/h3-10H,1-2H3. The summed E-state index contributed by atoms with van der Waals surface area (Å²) in [4.78, 5) is 12.0. The van der Waals surface area contributed by atoms with E-state index in [2.05, 4.69) is 0 Å². The van der Waals surface area contributed by atoms with Gasteiger partial charge in [-0.3, -0.25) is 4.79 Å². The molecule has 3 rings (SSSR count). The first-order valence-electron chi connectivity index (χ1n) is 6.32. The van der Waals surface area contributed by atoms with Crippen molar-refractivity contribution >= 4 is 11.4 Å². The average molecular weight is 266 g/mol. The third-order valence-corrected chi connectivity index (χ3v) is 3.46. The molecule has 0 spiro atoms. The molecule has 0 N–H and O–H groups in total. The molecule has 1 aliphatic carbocycles. The number of rotatable bonds is 3. The molecule has 0 fully saturated rings. The van der Waals surface area contributed by atoms with Gasteiger partial charge in [0.1, 0.15) is 11.5 Å². The maximum absolute atomic E-state index is 12.0. The molecule has 0 radical (unpaired) electrons. The van der Waals surface area contributed by atoms with Gasteiger partial charge in [0.2, 0.25) is 0 Å². The van der Waals surface area contributed by atoms with Crippen molar-refractivity contribution in [2.45, 2.75) is 0 Å². The van der Waals surface area contributed by atoms with Crippen LogP contribution < -0.4 is 9.47 Å². The van der Waals surface area contributed by atoms with E-state index in [1.165, 1.54) is 0 Å². The van der Waals surface area contributed by atoms with E-state index >= 15 is 0 Å². The third-order valence-electron chi connectivity index (χ3n) is 3.46. The van der Waals surface area contributed by atoms with Gasteiger partial charge in [-0.05, 0) is 53.1 Å². The predicted molar refractivity (Wildman–Crippen MR) is 77.4 cm³/mol. The molecule has 0 unspecified atom stereocenters. The zero-order valence-corrected chi connectivity index (χ0v) is 11.3. The molecule has 0 aromatic heterocycles. The molecule has 0 atom stereocenters. The number of hydrogen-bond acceptors (Lipinski definition) is 3. The fourth-order valence-electron chi connectivity index (χ4n) is 2.38. The second-order valence-electron chi connectivity index (χ2n) is 4.56. The molecule has 0 aliphatic heterocycles. The first kappa shape index (κ1) is 12.5. The number of ketones is 1. The van der Waals surface area contributed by atoms with E-state index in [1.807, 2.05) is 42.5 Å². The summed E-state index contributed by atoms with van der Waals surface area (Å²) in [6, 6.07) is 13.2. The molecule has 2 aromatic rings. The van der Waals surface area contributed by atoms with E-state index in [4.69, 9.17) is 9.47 Å². The van der Waals surface area contributed by atoms with Gasteiger partial charge in [0.05, 0.1) is 14.2 Å². The summed E-state index contributed by atoms with van der Waals surface area (Å²) >= 11 is 0. The maximum Gasteiger partial charge on any atom is 0.187 e. The van der Waals surface area contributed by atoms with Crippen molar-refractivity contribution in [2.24, 2.45) is 0 Å². The molecule has 0 amide bonds. The summed E-state index contributed by atoms with van der Waals surface area (Å²) in [5.74, 6) is 1.58. The topological polar surface area (TPSA) is 35.5 Å². The minimum absolute atomic E-state index is 0.0356. The van der Waals surface area contributed by atoms with Crippen LogP contribution >= 0.6 is 0 Å². The summed E-state index contributed by atoms with van der Waals surface area (Å²) < 4.78 is 10.4. The van der Waals surface area contributed by atoms with Gasteiger partial charge in [0.25, 0.3) is 0 Å². The summed E-state index contributed by atoms with van der Waals surface area (Å²) in [6.07, 6.45) is 1.67. The monoisotopic (exact) mass is 266 g/mol. The zero-order chi connectivity index (χ0) is 14.1. The molecular weight excluding hydrogens is 252 g/mol. The van der Waals surface area contributed by atoms with Crippen molar-refractivity contribution in [3.05, 3.63) is 65.2 Å². The molecule has 20 heavy (non-hydrogen) atoms. The van der Waals surface area contributed by atoms with Crippen LogP contribution in [0.4, 0.5) is 0 Å². The SMILES string of the molecule is COc1ccc(C2=CC(=O)c3ccc(OC)cc32)cc1. The van der Waals surface area contributed by atoms with Crippen molar-refractivity contribution in [1.29, 1.82) is 0 Å². The van der Waals surface area contributed by atoms with E-state index in [9.17, 15) is 4.79 Å². The molecule has 100 valence electrons. The molecule has 1 aliphatic rings. The summed E-state index contributed by atoms with van der Waals surface area (Å²) in [5, 5.41) is 0. The summed E-state index contributed by atoms with van der Waals surface area (Å²) in [5.41, 5.74) is 3.55. The molecule has 0 bridgehead atoms. The first-order valence-corrected chi connectivity index (χ1v) is 6.32. The molecule has 2 aromatic carbocycles. The molecule has 3 heteroatoms. The Hall–Kier alpha value is -2.55. The summed E-state index contributed by atoms with van der Waals surface area (Å²) in [7, 11) is 3.25. The average Bonchev–Trinajstić information content (AvgIpc) is 2.84. The van der Waals surface area contributed by atoms with E-state index in [0.717, 1.165) is 33.8 Å². The Bertz CT molecular complexity index is 697. The van der Waals surface area contributed by atoms with Crippen molar-refractivity contribution in [2.75, 3.05) is 14.2 Å². The van der Waals surface area contributed by atoms with Gasteiger partial charge < -0.3 is 9.47 Å². The lowest BCUT2D eigenvalue weighted by Gasteiger charge is -2.08. The van der Waals surface area contributed by atoms with Gasteiger partial charge in [-0.2, -0.15) is 0 Å². The Kier molecular flexibility index (Phi) is 3.03. The number of carbonyl (C=O) groups excluding carboxylic acids is 1. The molecule has 0 saturated carbocycles. The number of allylic oxidation sites excluding steroid dienone is 1. The van der Waals surface area contributed by atoms with Crippen LogP contribution in [0, 0.1) is 0 Å². The minimum atomic E-state index is 0.0356. The second-order valence-corrected chi connectivity index (χ2v) is 4.56. The number of hydrogen-bond donors (Lipinski definition) is 0. The van der Waals surface area contributed by atoms with Gasteiger partial charge in [-0.1, -0.05) is 12.1 Å². The predicted octanol–water partition coefficient (Wildman–Crippen LogP) is 3.33. The third kappa shape index (κ3) is 1.97. The van der Waals surface area contributed by atoms with Gasteiger partial charge in [0.15, 0.2) is 5.78 Å². The van der Waals surface area contributed by atoms with Gasteiger partial charge in [0, 0.05) is 5.56 Å². The van der Waals surface area contributed by atoms with Crippen molar-refractivity contribution in [1.82, 2.24) is 0 Å². The Morgan fingerprint density at radius 1 is 0.800 bits per heavy atom. The van der Waals surface area contributed by atoms with Crippen LogP contribution in [0.25, 0.3) is 5.57 Å². The largest absolute Gasteiger partial charge is 0.497 e. The van der Waals surface area contributed by atoms with E-state index in [0.29, 0.717) is 0 Å². The normalized spacial score (nSPS) is 12.9. The number of ether oxygens (including phenoxy) is 2.